The van der Waals surface area contributed by atoms with E-state index < -0.39 is 41.1 Å². The van der Waals surface area contributed by atoms with E-state index in [1.54, 1.807) is 30.3 Å². The molecule has 0 radical (unpaired) electrons. The van der Waals surface area contributed by atoms with Crippen LogP contribution < -0.4 is 16.6 Å². The van der Waals surface area contributed by atoms with Gasteiger partial charge in [-0.25, -0.2) is 18.9 Å². The predicted octanol–water partition coefficient (Wildman–Crippen LogP) is 3.20. The number of alkyl halides is 3. The van der Waals surface area contributed by atoms with E-state index in [0.717, 1.165) is 12.1 Å². The third-order valence-electron chi connectivity index (χ3n) is 4.72. The Morgan fingerprint density at radius 3 is 2.34 bits per heavy atom. The minimum absolute atomic E-state index is 0.0828. The van der Waals surface area contributed by atoms with Gasteiger partial charge >= 0.3 is 11.9 Å². The number of rotatable bonds is 4. The standard InChI is InChI=1S/C22H15F3N4O3/c23-22(24,25)16-10-4-5-11-17(16)27-18(30)13-28-20(31)15-9-6-12-26-19(15)29(21(28)32)14-7-2-1-3-8-14/h1-12H,13H2,(H,27,30). The first-order valence-corrected chi connectivity index (χ1v) is 9.39. The van der Waals surface area contributed by atoms with E-state index in [0.29, 0.717) is 10.3 Å². The van der Waals surface area contributed by atoms with Gasteiger partial charge in [-0.1, -0.05) is 30.3 Å². The van der Waals surface area contributed by atoms with E-state index in [1.807, 2.05) is 0 Å². The quantitative estimate of drug-likeness (QED) is 0.528. The number of nitrogens with zero attached hydrogens (tertiary/aromatic N) is 3. The lowest BCUT2D eigenvalue weighted by Crippen LogP contribution is -2.42. The fourth-order valence-electron chi connectivity index (χ4n) is 3.31. The number of hydrogen-bond donors (Lipinski definition) is 1. The van der Waals surface area contributed by atoms with Crippen LogP contribution >= 0.6 is 0 Å². The second-order valence-electron chi connectivity index (χ2n) is 6.81. The zero-order chi connectivity index (χ0) is 22.9. The molecule has 7 nitrogen and oxygen atoms in total. The Morgan fingerprint density at radius 2 is 1.62 bits per heavy atom. The lowest BCUT2D eigenvalue weighted by atomic mass is 10.1. The Morgan fingerprint density at radius 1 is 0.938 bits per heavy atom. The van der Waals surface area contributed by atoms with Crippen LogP contribution in [0.15, 0.2) is 82.5 Å². The van der Waals surface area contributed by atoms with Gasteiger partial charge in [0.25, 0.3) is 5.56 Å². The number of halogens is 3. The number of fused-ring (bicyclic) bond motifs is 1. The molecule has 0 bridgehead atoms. The summed E-state index contributed by atoms with van der Waals surface area (Å²) in [5.41, 5.74) is -2.60. The average molecular weight is 440 g/mol. The smallest absolute Gasteiger partial charge is 0.324 e. The summed E-state index contributed by atoms with van der Waals surface area (Å²) >= 11 is 0. The number of amides is 1. The molecule has 0 unspecified atom stereocenters. The number of carbonyl (C=O) groups is 1. The maximum absolute atomic E-state index is 13.2. The highest BCUT2D eigenvalue weighted by Crippen LogP contribution is 2.34. The van der Waals surface area contributed by atoms with Crippen molar-refractivity contribution in [2.75, 3.05) is 5.32 Å². The van der Waals surface area contributed by atoms with Crippen molar-refractivity contribution in [3.05, 3.63) is 99.3 Å². The van der Waals surface area contributed by atoms with E-state index in [-0.39, 0.29) is 11.0 Å². The topological polar surface area (TPSA) is 86.0 Å². The summed E-state index contributed by atoms with van der Waals surface area (Å²) < 4.78 is 41.5. The molecule has 0 fully saturated rings. The first-order chi connectivity index (χ1) is 15.3. The van der Waals surface area contributed by atoms with Crippen molar-refractivity contribution < 1.29 is 18.0 Å². The van der Waals surface area contributed by atoms with E-state index in [4.69, 9.17) is 0 Å². The molecular weight excluding hydrogens is 425 g/mol. The lowest BCUT2D eigenvalue weighted by molar-refractivity contribution is -0.137. The highest BCUT2D eigenvalue weighted by Gasteiger charge is 2.33. The zero-order valence-corrected chi connectivity index (χ0v) is 16.3. The molecule has 1 N–H and O–H groups in total. The minimum Gasteiger partial charge on any atom is -0.324 e. The van der Waals surface area contributed by atoms with Crippen LogP contribution in [0.1, 0.15) is 5.56 Å². The number of aromatic nitrogens is 3. The molecule has 0 aliphatic rings. The van der Waals surface area contributed by atoms with Crippen LogP contribution in [0, 0.1) is 0 Å². The highest BCUT2D eigenvalue weighted by atomic mass is 19.4. The van der Waals surface area contributed by atoms with Gasteiger partial charge in [0.1, 0.15) is 6.54 Å². The number of hydrogen-bond acceptors (Lipinski definition) is 4. The molecule has 1 amide bonds. The van der Waals surface area contributed by atoms with Crippen molar-refractivity contribution in [2.45, 2.75) is 12.7 Å². The van der Waals surface area contributed by atoms with Crippen molar-refractivity contribution in [2.24, 2.45) is 0 Å². The molecule has 0 saturated carbocycles. The van der Waals surface area contributed by atoms with E-state index in [1.165, 1.54) is 35.0 Å². The van der Waals surface area contributed by atoms with Gasteiger partial charge in [0.05, 0.1) is 22.3 Å². The third kappa shape index (κ3) is 3.89. The second-order valence-corrected chi connectivity index (χ2v) is 6.81. The molecule has 162 valence electrons. The van der Waals surface area contributed by atoms with E-state index in [2.05, 4.69) is 10.3 Å². The minimum atomic E-state index is -4.69. The molecule has 32 heavy (non-hydrogen) atoms. The summed E-state index contributed by atoms with van der Waals surface area (Å²) in [6, 6.07) is 15.8. The molecule has 2 aromatic heterocycles. The summed E-state index contributed by atoms with van der Waals surface area (Å²) in [7, 11) is 0. The fourth-order valence-corrected chi connectivity index (χ4v) is 3.31. The number of nitrogens with one attached hydrogen (secondary N) is 1. The first kappa shape index (κ1) is 21.0. The van der Waals surface area contributed by atoms with Gasteiger partial charge in [0.2, 0.25) is 5.91 Å². The first-order valence-electron chi connectivity index (χ1n) is 9.39. The van der Waals surface area contributed by atoms with Crippen molar-refractivity contribution in [1.29, 1.82) is 0 Å². The molecule has 0 aliphatic carbocycles. The fraction of sp³-hybridized carbons (Fsp3) is 0.0909. The van der Waals surface area contributed by atoms with Gasteiger partial charge in [0, 0.05) is 6.20 Å². The lowest BCUT2D eigenvalue weighted by Gasteiger charge is -2.15. The van der Waals surface area contributed by atoms with Crippen LogP contribution in [0.3, 0.4) is 0 Å². The summed E-state index contributed by atoms with van der Waals surface area (Å²) in [5.74, 6) is -0.955. The second kappa shape index (κ2) is 8.14. The molecule has 10 heteroatoms. The van der Waals surface area contributed by atoms with E-state index >= 15 is 0 Å². The maximum atomic E-state index is 13.2. The Bertz CT molecular complexity index is 1430. The Labute approximate surface area is 178 Å². The van der Waals surface area contributed by atoms with Gasteiger partial charge in [-0.15, -0.1) is 0 Å². The van der Waals surface area contributed by atoms with Gasteiger partial charge in [-0.05, 0) is 36.4 Å². The molecule has 0 spiro atoms. The molecule has 2 aromatic carbocycles. The van der Waals surface area contributed by atoms with Crippen molar-refractivity contribution in [3.8, 4) is 5.69 Å². The summed E-state index contributed by atoms with van der Waals surface area (Å²) in [4.78, 5) is 42.7. The molecule has 0 saturated heterocycles. The molecule has 0 aliphatic heterocycles. The monoisotopic (exact) mass is 440 g/mol. The van der Waals surface area contributed by atoms with Crippen molar-refractivity contribution >= 4 is 22.6 Å². The summed E-state index contributed by atoms with van der Waals surface area (Å²) in [6.07, 6.45) is -3.26. The molecule has 4 rings (SSSR count). The summed E-state index contributed by atoms with van der Waals surface area (Å²) in [5, 5.41) is 2.23. The predicted molar refractivity (Wildman–Crippen MR) is 112 cm³/mol. The summed E-state index contributed by atoms with van der Waals surface area (Å²) in [6.45, 7) is -0.776. The van der Waals surface area contributed by atoms with Crippen LogP contribution in [-0.2, 0) is 17.5 Å². The van der Waals surface area contributed by atoms with Crippen LogP contribution in [0.2, 0.25) is 0 Å². The van der Waals surface area contributed by atoms with Crippen LogP contribution in [0.4, 0.5) is 18.9 Å². The Hall–Kier alpha value is -4.21. The molecule has 0 atom stereocenters. The van der Waals surface area contributed by atoms with Gasteiger partial charge < -0.3 is 5.32 Å². The van der Waals surface area contributed by atoms with Gasteiger partial charge in [-0.2, -0.15) is 13.2 Å². The highest BCUT2D eigenvalue weighted by molar-refractivity contribution is 5.91. The molecule has 4 aromatic rings. The molecule has 2 heterocycles. The molecular formula is C22H15F3N4O3. The van der Waals surface area contributed by atoms with Crippen molar-refractivity contribution in [1.82, 2.24) is 14.1 Å². The van der Waals surface area contributed by atoms with Crippen molar-refractivity contribution in [3.63, 3.8) is 0 Å². The number of benzene rings is 2. The zero-order valence-electron chi connectivity index (χ0n) is 16.3. The normalized spacial score (nSPS) is 11.5. The third-order valence-corrected chi connectivity index (χ3v) is 4.72. The average Bonchev–Trinajstić information content (AvgIpc) is 2.77. The number of para-hydroxylation sites is 2. The Kier molecular flexibility index (Phi) is 5.35. The Balaban J connectivity index is 1.79. The van der Waals surface area contributed by atoms with Crippen LogP contribution in [0.5, 0.6) is 0 Å². The van der Waals surface area contributed by atoms with Gasteiger partial charge in [0.15, 0.2) is 5.65 Å². The SMILES string of the molecule is O=C(Cn1c(=O)c2cccnc2n(-c2ccccc2)c1=O)Nc1ccccc1C(F)(F)F. The number of carbonyl (C=O) groups excluding carboxylic acids is 1. The van der Waals surface area contributed by atoms with Crippen LogP contribution in [-0.4, -0.2) is 20.0 Å². The number of pyridine rings is 1. The van der Waals surface area contributed by atoms with Gasteiger partial charge in [-0.3, -0.25) is 9.59 Å². The number of anilines is 1. The van der Waals surface area contributed by atoms with Crippen LogP contribution in [0.25, 0.3) is 16.7 Å². The van der Waals surface area contributed by atoms with E-state index in [9.17, 15) is 27.6 Å². The largest absolute Gasteiger partial charge is 0.418 e. The maximum Gasteiger partial charge on any atom is 0.418 e.